The van der Waals surface area contributed by atoms with Gasteiger partial charge in [-0.15, -0.1) is 0 Å². The Morgan fingerprint density at radius 3 is 1.61 bits per heavy atom. The fraction of sp³-hybridized carbons (Fsp3) is 0.125. The van der Waals surface area contributed by atoms with E-state index in [4.69, 9.17) is 10.5 Å². The minimum absolute atomic E-state index is 0.0668. The number of rotatable bonds is 7. The third kappa shape index (κ3) is 5.93. The van der Waals surface area contributed by atoms with Crippen LogP contribution in [0.3, 0.4) is 0 Å². The zero-order valence-electron chi connectivity index (χ0n) is 17.2. The normalized spacial score (nSPS) is 10.4. The summed E-state index contributed by atoms with van der Waals surface area (Å²) in [5.41, 5.74) is 7.37. The van der Waals surface area contributed by atoms with Gasteiger partial charge in [-0.3, -0.25) is 14.4 Å². The van der Waals surface area contributed by atoms with Gasteiger partial charge in [-0.05, 0) is 72.8 Å². The van der Waals surface area contributed by atoms with E-state index in [-0.39, 0.29) is 17.7 Å². The van der Waals surface area contributed by atoms with Gasteiger partial charge in [-0.2, -0.15) is 0 Å². The number of amides is 3. The maximum Gasteiger partial charge on any atom is 0.255 e. The van der Waals surface area contributed by atoms with Gasteiger partial charge in [0.25, 0.3) is 5.91 Å². The number of nitrogens with two attached hydrogens (primary N) is 1. The predicted octanol–water partition coefficient (Wildman–Crippen LogP) is 4.42. The second-order valence-corrected chi connectivity index (χ2v) is 7.19. The zero-order valence-corrected chi connectivity index (χ0v) is 17.2. The number of ether oxygens (including phenoxy) is 1. The topological polar surface area (TPSA) is 111 Å². The van der Waals surface area contributed by atoms with Crippen molar-refractivity contribution in [3.8, 4) is 11.5 Å². The Balaban J connectivity index is 1.58. The van der Waals surface area contributed by atoms with E-state index in [0.29, 0.717) is 34.0 Å². The molecule has 0 atom stereocenters. The molecule has 7 nitrogen and oxygen atoms in total. The van der Waals surface area contributed by atoms with Gasteiger partial charge in [-0.25, -0.2) is 0 Å². The highest BCUT2D eigenvalue weighted by molar-refractivity contribution is 6.04. The van der Waals surface area contributed by atoms with Crippen LogP contribution >= 0.6 is 0 Å². The van der Waals surface area contributed by atoms with Crippen molar-refractivity contribution in [1.29, 1.82) is 0 Å². The van der Waals surface area contributed by atoms with Gasteiger partial charge in [0.05, 0.1) is 0 Å². The highest BCUT2D eigenvalue weighted by Crippen LogP contribution is 2.23. The molecule has 0 saturated heterocycles. The number of benzene rings is 3. The van der Waals surface area contributed by atoms with Crippen LogP contribution in [0.4, 0.5) is 11.4 Å². The molecule has 3 amide bonds. The Labute approximate surface area is 180 Å². The minimum Gasteiger partial charge on any atom is -0.457 e. The van der Waals surface area contributed by atoms with Crippen molar-refractivity contribution in [2.45, 2.75) is 13.8 Å². The molecule has 0 fully saturated rings. The molecule has 0 heterocycles. The summed E-state index contributed by atoms with van der Waals surface area (Å²) in [7, 11) is 0. The molecule has 3 aromatic rings. The molecule has 0 spiro atoms. The quantitative estimate of drug-likeness (QED) is 0.528. The van der Waals surface area contributed by atoms with Gasteiger partial charge in [-0.1, -0.05) is 13.8 Å². The zero-order chi connectivity index (χ0) is 22.4. The summed E-state index contributed by atoms with van der Waals surface area (Å²) < 4.78 is 5.71. The number of primary amides is 1. The molecule has 7 heteroatoms. The molecule has 0 aliphatic heterocycles. The number of anilines is 2. The van der Waals surface area contributed by atoms with Gasteiger partial charge in [0.1, 0.15) is 11.5 Å². The average molecular weight is 417 g/mol. The van der Waals surface area contributed by atoms with Gasteiger partial charge in [0.15, 0.2) is 0 Å². The van der Waals surface area contributed by atoms with E-state index in [9.17, 15) is 14.4 Å². The second kappa shape index (κ2) is 9.58. The number of nitrogens with one attached hydrogen (secondary N) is 2. The summed E-state index contributed by atoms with van der Waals surface area (Å²) in [6, 6.07) is 20.0. The third-order valence-corrected chi connectivity index (χ3v) is 4.43. The Kier molecular flexibility index (Phi) is 6.67. The van der Waals surface area contributed by atoms with Crippen LogP contribution < -0.4 is 21.1 Å². The molecule has 0 bridgehead atoms. The lowest BCUT2D eigenvalue weighted by molar-refractivity contribution is -0.118. The van der Waals surface area contributed by atoms with E-state index >= 15 is 0 Å². The Hall–Kier alpha value is -4.13. The average Bonchev–Trinajstić information content (AvgIpc) is 2.76. The van der Waals surface area contributed by atoms with E-state index in [1.54, 1.807) is 72.8 Å². The van der Waals surface area contributed by atoms with E-state index in [2.05, 4.69) is 10.6 Å². The minimum atomic E-state index is -0.503. The van der Waals surface area contributed by atoms with E-state index in [1.165, 1.54) is 0 Å². The lowest BCUT2D eigenvalue weighted by Gasteiger charge is -2.10. The van der Waals surface area contributed by atoms with Crippen molar-refractivity contribution in [3.05, 3.63) is 83.9 Å². The molecule has 3 rings (SSSR count). The van der Waals surface area contributed by atoms with Gasteiger partial charge in [0.2, 0.25) is 11.8 Å². The third-order valence-electron chi connectivity index (χ3n) is 4.43. The molecule has 0 aromatic heterocycles. The molecule has 4 N–H and O–H groups in total. The molecule has 0 aliphatic rings. The molecule has 0 aliphatic carbocycles. The fourth-order valence-electron chi connectivity index (χ4n) is 2.62. The van der Waals surface area contributed by atoms with Crippen molar-refractivity contribution in [2.24, 2.45) is 11.7 Å². The maximum atomic E-state index is 12.5. The molecule has 158 valence electrons. The first-order valence-corrected chi connectivity index (χ1v) is 9.72. The number of carbonyl (C=O) groups is 3. The van der Waals surface area contributed by atoms with E-state index in [1.807, 2.05) is 13.8 Å². The van der Waals surface area contributed by atoms with Gasteiger partial charge >= 0.3 is 0 Å². The van der Waals surface area contributed by atoms with Crippen LogP contribution in [0.1, 0.15) is 34.6 Å². The van der Waals surface area contributed by atoms with Crippen molar-refractivity contribution < 1.29 is 19.1 Å². The first-order valence-electron chi connectivity index (χ1n) is 9.72. The molecular weight excluding hydrogens is 394 g/mol. The van der Waals surface area contributed by atoms with Crippen molar-refractivity contribution in [1.82, 2.24) is 0 Å². The summed E-state index contributed by atoms with van der Waals surface area (Å²) in [6.07, 6.45) is 0. The lowest BCUT2D eigenvalue weighted by Crippen LogP contribution is -2.17. The summed E-state index contributed by atoms with van der Waals surface area (Å²) in [4.78, 5) is 35.3. The summed E-state index contributed by atoms with van der Waals surface area (Å²) >= 11 is 0. The van der Waals surface area contributed by atoms with Crippen LogP contribution in [0.15, 0.2) is 72.8 Å². The number of hydrogen-bond donors (Lipinski definition) is 3. The maximum absolute atomic E-state index is 12.5. The summed E-state index contributed by atoms with van der Waals surface area (Å²) in [5.74, 6) is 0.150. The summed E-state index contributed by atoms with van der Waals surface area (Å²) in [5, 5.41) is 5.61. The summed E-state index contributed by atoms with van der Waals surface area (Å²) in [6.45, 7) is 3.64. The van der Waals surface area contributed by atoms with Crippen molar-refractivity contribution in [2.75, 3.05) is 10.6 Å². The Morgan fingerprint density at radius 2 is 1.16 bits per heavy atom. The molecule has 0 radical (unpaired) electrons. The number of carbonyl (C=O) groups excluding carboxylic acids is 3. The predicted molar refractivity (Wildman–Crippen MR) is 119 cm³/mol. The molecule has 0 unspecified atom stereocenters. The fourth-order valence-corrected chi connectivity index (χ4v) is 2.62. The van der Waals surface area contributed by atoms with E-state index in [0.717, 1.165) is 0 Å². The smallest absolute Gasteiger partial charge is 0.255 e. The number of hydrogen-bond acceptors (Lipinski definition) is 4. The van der Waals surface area contributed by atoms with Crippen LogP contribution in [0.5, 0.6) is 11.5 Å². The van der Waals surface area contributed by atoms with Crippen molar-refractivity contribution in [3.63, 3.8) is 0 Å². The first kappa shape index (κ1) is 21.6. The lowest BCUT2D eigenvalue weighted by atomic mass is 10.2. The van der Waals surface area contributed by atoms with Crippen LogP contribution in [0, 0.1) is 5.92 Å². The molecule has 31 heavy (non-hydrogen) atoms. The highest BCUT2D eigenvalue weighted by Gasteiger charge is 2.09. The SMILES string of the molecule is CC(C)C(=O)Nc1ccc(NC(=O)c2ccc(Oc3ccc(C(N)=O)cc3)cc2)cc1. The highest BCUT2D eigenvalue weighted by atomic mass is 16.5. The Morgan fingerprint density at radius 1 is 0.710 bits per heavy atom. The van der Waals surface area contributed by atoms with E-state index < -0.39 is 5.91 Å². The van der Waals surface area contributed by atoms with Crippen LogP contribution in [-0.4, -0.2) is 17.7 Å². The van der Waals surface area contributed by atoms with Crippen LogP contribution in [0.25, 0.3) is 0 Å². The van der Waals surface area contributed by atoms with Crippen molar-refractivity contribution >= 4 is 29.1 Å². The van der Waals surface area contributed by atoms with Crippen LogP contribution in [0.2, 0.25) is 0 Å². The van der Waals surface area contributed by atoms with Crippen LogP contribution in [-0.2, 0) is 4.79 Å². The molecule has 3 aromatic carbocycles. The van der Waals surface area contributed by atoms with Gasteiger partial charge in [0, 0.05) is 28.4 Å². The van der Waals surface area contributed by atoms with Gasteiger partial charge < -0.3 is 21.1 Å². The second-order valence-electron chi connectivity index (χ2n) is 7.19. The largest absolute Gasteiger partial charge is 0.457 e. The molecular formula is C24H23N3O4. The Bertz CT molecular complexity index is 1070. The first-order chi connectivity index (χ1) is 14.8. The monoisotopic (exact) mass is 417 g/mol. The standard InChI is InChI=1S/C24H23N3O4/c1-15(2)23(29)26-18-7-9-19(10-8-18)27-24(30)17-5-13-21(14-6-17)31-20-11-3-16(4-12-20)22(25)28/h3-15H,1-2H3,(H2,25,28)(H,26,29)(H,27,30). The molecule has 0 saturated carbocycles.